The first-order valence-corrected chi connectivity index (χ1v) is 9.41. The average molecular weight is 354 g/mol. The minimum absolute atomic E-state index is 0.190. The molecule has 3 rings (SSSR count). The van der Waals surface area contributed by atoms with Crippen LogP contribution >= 0.6 is 0 Å². The number of Topliss-reactive ketones (excluding diaryl/α,β-unsaturated/α-hetero) is 1. The van der Waals surface area contributed by atoms with E-state index in [4.69, 9.17) is 4.74 Å². The highest BCUT2D eigenvalue weighted by atomic mass is 16.6. The summed E-state index contributed by atoms with van der Waals surface area (Å²) in [4.78, 5) is 18.0. The van der Waals surface area contributed by atoms with Crippen molar-refractivity contribution in [3.05, 3.63) is 41.6 Å². The predicted molar refractivity (Wildman–Crippen MR) is 107 cm³/mol. The molecule has 0 bridgehead atoms. The van der Waals surface area contributed by atoms with Gasteiger partial charge >= 0.3 is 0 Å². The number of nitrogens with one attached hydrogen (secondary N) is 1. The number of ether oxygens (including phenoxy) is 1. The van der Waals surface area contributed by atoms with Crippen molar-refractivity contribution in [1.29, 1.82) is 0 Å². The van der Waals surface area contributed by atoms with Crippen LogP contribution in [0, 0.1) is 5.92 Å². The normalized spacial score (nSPS) is 20.2. The minimum Gasteiger partial charge on any atom is -0.358 e. The number of para-hydroxylation sites is 1. The molecule has 1 fully saturated rings. The number of epoxide rings is 1. The molecule has 1 saturated heterocycles. The number of carbonyl (C=O) groups excluding carboxylic acids is 1. The van der Waals surface area contributed by atoms with Gasteiger partial charge in [0.1, 0.15) is 6.10 Å². The van der Waals surface area contributed by atoms with Crippen LogP contribution in [0.3, 0.4) is 0 Å². The van der Waals surface area contributed by atoms with Gasteiger partial charge in [-0.25, -0.2) is 0 Å². The number of H-pyrrole nitrogens is 1. The molecule has 0 spiro atoms. The van der Waals surface area contributed by atoms with Crippen molar-refractivity contribution in [3.63, 3.8) is 0 Å². The number of rotatable bonds is 8. The van der Waals surface area contributed by atoms with Crippen LogP contribution in [0.25, 0.3) is 17.0 Å². The Hall–Kier alpha value is -1.91. The number of allylic oxidation sites excluding steroid dienone is 1. The van der Waals surface area contributed by atoms with Gasteiger partial charge in [-0.3, -0.25) is 4.79 Å². The summed E-state index contributed by atoms with van der Waals surface area (Å²) in [6, 6.07) is 8.43. The van der Waals surface area contributed by atoms with Gasteiger partial charge in [0.2, 0.25) is 0 Å². The Morgan fingerprint density at radius 3 is 2.69 bits per heavy atom. The first-order chi connectivity index (χ1) is 12.3. The molecule has 4 nitrogen and oxygen atoms in total. The molecule has 0 radical (unpaired) electrons. The van der Waals surface area contributed by atoms with Gasteiger partial charge in [-0.15, -0.1) is 0 Å². The van der Waals surface area contributed by atoms with Crippen molar-refractivity contribution in [2.45, 2.75) is 45.3 Å². The molecule has 1 aliphatic rings. The van der Waals surface area contributed by atoms with Crippen LogP contribution in [0.1, 0.15) is 38.4 Å². The molecule has 2 heterocycles. The Bertz CT molecular complexity index is 817. The summed E-state index contributed by atoms with van der Waals surface area (Å²) < 4.78 is 5.46. The van der Waals surface area contributed by atoms with Gasteiger partial charge in [0.25, 0.3) is 0 Å². The summed E-state index contributed by atoms with van der Waals surface area (Å²) in [5.74, 6) is 0.396. The predicted octanol–water partition coefficient (Wildman–Crippen LogP) is 4.06. The summed E-state index contributed by atoms with van der Waals surface area (Å²) in [5, 5.41) is 1.28. The van der Waals surface area contributed by atoms with Crippen molar-refractivity contribution in [3.8, 4) is 0 Å². The zero-order valence-corrected chi connectivity index (χ0v) is 16.5. The van der Waals surface area contributed by atoms with Crippen LogP contribution in [-0.4, -0.2) is 48.0 Å². The maximum absolute atomic E-state index is 12.3. The SMILES string of the molecule is CC(C=Cc1[nH]c2ccccc2c1CCN(C)C)CC(=O)C1OC1(C)C. The minimum atomic E-state index is -0.267. The second-order valence-corrected chi connectivity index (χ2v) is 8.22. The Morgan fingerprint density at radius 1 is 1.35 bits per heavy atom. The third-order valence-electron chi connectivity index (χ3n) is 5.06. The first kappa shape index (κ1) is 18.9. The van der Waals surface area contributed by atoms with Gasteiger partial charge in [0, 0.05) is 29.6 Å². The van der Waals surface area contributed by atoms with E-state index < -0.39 is 0 Å². The lowest BCUT2D eigenvalue weighted by atomic mass is 9.97. The van der Waals surface area contributed by atoms with E-state index in [0.717, 1.165) is 24.2 Å². The molecule has 1 aromatic heterocycles. The van der Waals surface area contributed by atoms with Gasteiger partial charge in [-0.2, -0.15) is 0 Å². The monoisotopic (exact) mass is 354 g/mol. The maximum Gasteiger partial charge on any atom is 0.165 e. The van der Waals surface area contributed by atoms with Crippen LogP contribution in [-0.2, 0) is 16.0 Å². The zero-order valence-electron chi connectivity index (χ0n) is 16.5. The highest BCUT2D eigenvalue weighted by Gasteiger charge is 2.52. The zero-order chi connectivity index (χ0) is 18.9. The van der Waals surface area contributed by atoms with Crippen molar-refractivity contribution < 1.29 is 9.53 Å². The lowest BCUT2D eigenvalue weighted by Gasteiger charge is -2.10. The molecule has 140 valence electrons. The highest BCUT2D eigenvalue weighted by Crippen LogP contribution is 2.37. The standard InChI is InChI=1S/C22H30N2O2/c1-15(14-20(25)21-22(2,3)26-21)10-11-19-17(12-13-24(4)5)16-8-6-7-9-18(16)23-19/h6-11,15,21,23H,12-14H2,1-5H3. The summed E-state index contributed by atoms with van der Waals surface area (Å²) in [7, 11) is 4.19. The molecular formula is C22H30N2O2. The van der Waals surface area contributed by atoms with E-state index in [9.17, 15) is 4.79 Å². The maximum atomic E-state index is 12.3. The van der Waals surface area contributed by atoms with Crippen LogP contribution in [0.15, 0.2) is 30.3 Å². The van der Waals surface area contributed by atoms with Crippen molar-refractivity contribution in [2.24, 2.45) is 5.92 Å². The smallest absolute Gasteiger partial charge is 0.165 e. The van der Waals surface area contributed by atoms with E-state index in [-0.39, 0.29) is 23.4 Å². The number of nitrogens with zero attached hydrogens (tertiary/aromatic N) is 1. The fourth-order valence-electron chi connectivity index (χ4n) is 3.44. The summed E-state index contributed by atoms with van der Waals surface area (Å²) in [6.45, 7) is 7.03. The van der Waals surface area contributed by atoms with Gasteiger partial charge in [0.05, 0.1) is 5.60 Å². The largest absolute Gasteiger partial charge is 0.358 e. The number of aromatic nitrogens is 1. The molecule has 0 amide bonds. The number of hydrogen-bond acceptors (Lipinski definition) is 3. The molecule has 2 atom stereocenters. The number of ketones is 1. The molecule has 2 aromatic rings. The number of benzene rings is 1. The van der Waals surface area contributed by atoms with Gasteiger partial charge < -0.3 is 14.6 Å². The van der Waals surface area contributed by atoms with Crippen LogP contribution in [0.2, 0.25) is 0 Å². The molecule has 26 heavy (non-hydrogen) atoms. The summed E-state index contributed by atoms with van der Waals surface area (Å²) in [6.07, 6.45) is 5.58. The fourth-order valence-corrected chi connectivity index (χ4v) is 3.44. The van der Waals surface area contributed by atoms with Crippen molar-refractivity contribution in [1.82, 2.24) is 9.88 Å². The summed E-state index contributed by atoms with van der Waals surface area (Å²) in [5.41, 5.74) is 3.39. The quantitative estimate of drug-likeness (QED) is 0.727. The van der Waals surface area contributed by atoms with Crippen molar-refractivity contribution >= 4 is 22.8 Å². The lowest BCUT2D eigenvalue weighted by Crippen LogP contribution is -2.16. The number of carbonyl (C=O) groups is 1. The molecule has 0 aliphatic carbocycles. The average Bonchev–Trinajstić information content (AvgIpc) is 3.08. The number of aromatic amines is 1. The molecular weight excluding hydrogens is 324 g/mol. The molecule has 0 saturated carbocycles. The number of hydrogen-bond donors (Lipinski definition) is 1. The first-order valence-electron chi connectivity index (χ1n) is 9.41. The molecule has 1 N–H and O–H groups in total. The number of likely N-dealkylation sites (N-methyl/N-ethyl adjacent to an activating group) is 1. The van der Waals surface area contributed by atoms with E-state index in [1.165, 1.54) is 10.9 Å². The molecule has 2 unspecified atom stereocenters. The van der Waals surface area contributed by atoms with E-state index in [0.29, 0.717) is 6.42 Å². The van der Waals surface area contributed by atoms with Gasteiger partial charge in [-0.1, -0.05) is 31.2 Å². The number of fused-ring (bicyclic) bond motifs is 1. The van der Waals surface area contributed by atoms with E-state index >= 15 is 0 Å². The molecule has 1 aromatic carbocycles. The Morgan fingerprint density at radius 2 is 2.04 bits per heavy atom. The topological polar surface area (TPSA) is 48.6 Å². The fraction of sp³-hybridized carbons (Fsp3) is 0.500. The second-order valence-electron chi connectivity index (χ2n) is 8.22. The van der Waals surface area contributed by atoms with Gasteiger partial charge in [-0.05, 0) is 58.0 Å². The van der Waals surface area contributed by atoms with Crippen LogP contribution in [0.4, 0.5) is 0 Å². The second kappa shape index (κ2) is 7.37. The van der Waals surface area contributed by atoms with Crippen LogP contribution in [0.5, 0.6) is 0 Å². The van der Waals surface area contributed by atoms with E-state index in [1.54, 1.807) is 0 Å². The highest BCUT2D eigenvalue weighted by molar-refractivity contribution is 5.88. The molecule has 4 heteroatoms. The summed E-state index contributed by atoms with van der Waals surface area (Å²) >= 11 is 0. The third-order valence-corrected chi connectivity index (χ3v) is 5.06. The Labute approximate surface area is 156 Å². The third kappa shape index (κ3) is 4.25. The van der Waals surface area contributed by atoms with E-state index in [1.807, 2.05) is 13.8 Å². The lowest BCUT2D eigenvalue weighted by molar-refractivity contribution is -0.120. The van der Waals surface area contributed by atoms with Gasteiger partial charge in [0.15, 0.2) is 5.78 Å². The van der Waals surface area contributed by atoms with E-state index in [2.05, 4.69) is 67.3 Å². The Balaban J connectivity index is 1.73. The van der Waals surface area contributed by atoms with Crippen LogP contribution < -0.4 is 0 Å². The molecule has 1 aliphatic heterocycles. The van der Waals surface area contributed by atoms with Crippen molar-refractivity contribution in [2.75, 3.05) is 20.6 Å². The Kier molecular flexibility index (Phi) is 5.35.